The van der Waals surface area contributed by atoms with E-state index in [4.69, 9.17) is 4.74 Å². The van der Waals surface area contributed by atoms with Crippen LogP contribution in [0.3, 0.4) is 0 Å². The van der Waals surface area contributed by atoms with Gasteiger partial charge in [0.05, 0.1) is 19.3 Å². The predicted octanol–water partition coefficient (Wildman–Crippen LogP) is -0.179. The fraction of sp³-hybridized carbons (Fsp3) is 0.917. The number of nitrogens with one attached hydrogen (secondary N) is 2. The zero-order chi connectivity index (χ0) is 12.9. The van der Waals surface area contributed by atoms with Crippen LogP contribution in [0.15, 0.2) is 0 Å². The monoisotopic (exact) mass is 243 g/mol. The molecular weight excluding hydrogens is 218 g/mol. The number of hydrogen-bond donors (Lipinski definition) is 2. The summed E-state index contributed by atoms with van der Waals surface area (Å²) in [5, 5.41) is 5.92. The van der Waals surface area contributed by atoms with Gasteiger partial charge in [-0.3, -0.25) is 9.69 Å². The van der Waals surface area contributed by atoms with Crippen LogP contribution in [0.5, 0.6) is 0 Å². The summed E-state index contributed by atoms with van der Waals surface area (Å²) in [6.45, 7) is 10.3. The van der Waals surface area contributed by atoms with Gasteiger partial charge in [0.2, 0.25) is 5.91 Å². The molecule has 1 amide bonds. The van der Waals surface area contributed by atoms with Gasteiger partial charge >= 0.3 is 0 Å². The average molecular weight is 243 g/mol. The van der Waals surface area contributed by atoms with Crippen LogP contribution in [0, 0.1) is 0 Å². The zero-order valence-corrected chi connectivity index (χ0v) is 11.4. The number of carbonyl (C=O) groups is 1. The van der Waals surface area contributed by atoms with E-state index in [2.05, 4.69) is 29.4 Å². The summed E-state index contributed by atoms with van der Waals surface area (Å²) in [4.78, 5) is 14.0. The molecule has 1 rings (SSSR count). The summed E-state index contributed by atoms with van der Waals surface area (Å²) >= 11 is 0. The summed E-state index contributed by atoms with van der Waals surface area (Å²) in [6, 6.07) is -0.143. The molecule has 0 saturated carbocycles. The van der Waals surface area contributed by atoms with E-state index in [0.29, 0.717) is 6.54 Å². The lowest BCUT2D eigenvalue weighted by Gasteiger charge is -2.41. The van der Waals surface area contributed by atoms with Crippen LogP contribution in [0.2, 0.25) is 0 Å². The first-order chi connectivity index (χ1) is 7.97. The number of ether oxygens (including phenoxy) is 1. The van der Waals surface area contributed by atoms with E-state index in [0.717, 1.165) is 26.3 Å². The van der Waals surface area contributed by atoms with Crippen molar-refractivity contribution in [3.05, 3.63) is 0 Å². The highest BCUT2D eigenvalue weighted by Crippen LogP contribution is 2.14. The highest BCUT2D eigenvalue weighted by atomic mass is 16.5. The van der Waals surface area contributed by atoms with Crippen molar-refractivity contribution in [1.29, 1.82) is 0 Å². The van der Waals surface area contributed by atoms with E-state index < -0.39 is 0 Å². The maximum absolute atomic E-state index is 11.7. The van der Waals surface area contributed by atoms with Gasteiger partial charge < -0.3 is 15.4 Å². The number of rotatable bonds is 5. The second-order valence-electron chi connectivity index (χ2n) is 5.14. The Morgan fingerprint density at radius 2 is 2.00 bits per heavy atom. The molecule has 2 N–H and O–H groups in total. The van der Waals surface area contributed by atoms with Crippen molar-refractivity contribution in [1.82, 2.24) is 15.5 Å². The molecule has 1 fully saturated rings. The van der Waals surface area contributed by atoms with Crippen molar-refractivity contribution in [2.45, 2.75) is 32.4 Å². The maximum Gasteiger partial charge on any atom is 0.236 e. The van der Waals surface area contributed by atoms with Crippen LogP contribution in [0.25, 0.3) is 0 Å². The normalized spacial score (nSPS) is 20.0. The summed E-state index contributed by atoms with van der Waals surface area (Å²) in [6.07, 6.45) is 0. The van der Waals surface area contributed by atoms with Crippen LogP contribution in [0.4, 0.5) is 0 Å². The number of morpholine rings is 1. The molecule has 1 heterocycles. The molecule has 5 heteroatoms. The molecule has 1 aliphatic heterocycles. The maximum atomic E-state index is 11.7. The van der Waals surface area contributed by atoms with Gasteiger partial charge in [-0.2, -0.15) is 0 Å². The Morgan fingerprint density at radius 3 is 2.53 bits per heavy atom. The Labute approximate surface area is 104 Å². The quantitative estimate of drug-likeness (QED) is 0.703. The molecule has 1 saturated heterocycles. The van der Waals surface area contributed by atoms with Gasteiger partial charge in [0, 0.05) is 25.2 Å². The van der Waals surface area contributed by atoms with Crippen LogP contribution >= 0.6 is 0 Å². The predicted molar refractivity (Wildman–Crippen MR) is 68.0 cm³/mol. The zero-order valence-electron chi connectivity index (χ0n) is 11.4. The van der Waals surface area contributed by atoms with Crippen LogP contribution in [0.1, 0.15) is 20.8 Å². The smallest absolute Gasteiger partial charge is 0.236 e. The molecule has 5 nitrogen and oxygen atoms in total. The minimum absolute atomic E-state index is 0.0209. The van der Waals surface area contributed by atoms with Gasteiger partial charge in [0.1, 0.15) is 0 Å². The topological polar surface area (TPSA) is 53.6 Å². The minimum atomic E-state index is -0.143. The molecule has 0 aromatic carbocycles. The molecule has 100 valence electrons. The van der Waals surface area contributed by atoms with Gasteiger partial charge in [-0.15, -0.1) is 0 Å². The second kappa shape index (κ2) is 6.33. The highest BCUT2D eigenvalue weighted by molar-refractivity contribution is 5.81. The Hall–Kier alpha value is -0.650. The molecule has 0 bridgehead atoms. The summed E-state index contributed by atoms with van der Waals surface area (Å²) in [7, 11) is 1.79. The van der Waals surface area contributed by atoms with Crippen molar-refractivity contribution < 1.29 is 9.53 Å². The van der Waals surface area contributed by atoms with Crippen LogP contribution < -0.4 is 10.6 Å². The Morgan fingerprint density at radius 1 is 1.41 bits per heavy atom. The molecule has 1 unspecified atom stereocenters. The Bertz CT molecular complexity index is 250. The van der Waals surface area contributed by atoms with Gasteiger partial charge in [-0.1, -0.05) is 0 Å². The summed E-state index contributed by atoms with van der Waals surface area (Å²) in [5.74, 6) is 0.0498. The number of likely N-dealkylation sites (N-methyl/N-ethyl adjacent to an activating group) is 1. The largest absolute Gasteiger partial charge is 0.379 e. The van der Waals surface area contributed by atoms with E-state index in [1.807, 2.05) is 6.92 Å². The molecule has 0 aromatic heterocycles. The number of nitrogens with zero attached hydrogens (tertiary/aromatic N) is 1. The van der Waals surface area contributed by atoms with Crippen molar-refractivity contribution >= 4 is 5.91 Å². The molecule has 17 heavy (non-hydrogen) atoms. The van der Waals surface area contributed by atoms with Gasteiger partial charge in [0.15, 0.2) is 0 Å². The Balaban J connectivity index is 2.40. The molecule has 0 aliphatic carbocycles. The van der Waals surface area contributed by atoms with E-state index >= 15 is 0 Å². The average Bonchev–Trinajstić information content (AvgIpc) is 2.36. The molecule has 0 radical (unpaired) electrons. The lowest BCUT2D eigenvalue weighted by Crippen LogP contribution is -2.56. The lowest BCUT2D eigenvalue weighted by atomic mass is 10.0. The third-order valence-electron chi connectivity index (χ3n) is 3.39. The third kappa shape index (κ3) is 4.26. The van der Waals surface area contributed by atoms with Gasteiger partial charge in [-0.05, 0) is 27.8 Å². The van der Waals surface area contributed by atoms with E-state index in [-0.39, 0.29) is 17.5 Å². The van der Waals surface area contributed by atoms with Crippen molar-refractivity contribution in [3.63, 3.8) is 0 Å². The first-order valence-electron chi connectivity index (χ1n) is 6.25. The number of hydrogen-bond acceptors (Lipinski definition) is 4. The second-order valence-corrected chi connectivity index (χ2v) is 5.14. The first kappa shape index (κ1) is 14.4. The Kier molecular flexibility index (Phi) is 5.36. The SMILES string of the molecule is CNC(C)C(=O)NCC(C)(C)N1CCOCC1. The third-order valence-corrected chi connectivity index (χ3v) is 3.39. The molecular formula is C12H25N3O2. The fourth-order valence-electron chi connectivity index (χ4n) is 1.87. The van der Waals surface area contributed by atoms with Crippen molar-refractivity contribution in [2.24, 2.45) is 0 Å². The van der Waals surface area contributed by atoms with E-state index in [9.17, 15) is 4.79 Å². The van der Waals surface area contributed by atoms with Crippen LogP contribution in [-0.4, -0.2) is 62.3 Å². The van der Waals surface area contributed by atoms with Crippen molar-refractivity contribution in [3.8, 4) is 0 Å². The molecule has 0 spiro atoms. The van der Waals surface area contributed by atoms with Crippen LogP contribution in [-0.2, 0) is 9.53 Å². The lowest BCUT2D eigenvalue weighted by molar-refractivity contribution is -0.123. The number of carbonyl (C=O) groups excluding carboxylic acids is 1. The molecule has 1 aliphatic rings. The van der Waals surface area contributed by atoms with Crippen molar-refractivity contribution in [2.75, 3.05) is 39.9 Å². The van der Waals surface area contributed by atoms with Gasteiger partial charge in [-0.25, -0.2) is 0 Å². The number of amides is 1. The van der Waals surface area contributed by atoms with E-state index in [1.54, 1.807) is 7.05 Å². The summed E-state index contributed by atoms with van der Waals surface area (Å²) in [5.41, 5.74) is -0.0209. The van der Waals surface area contributed by atoms with E-state index in [1.165, 1.54) is 0 Å². The fourth-order valence-corrected chi connectivity index (χ4v) is 1.87. The standard InChI is InChI=1S/C12H25N3O2/c1-10(13-4)11(16)14-9-12(2,3)15-5-7-17-8-6-15/h10,13H,5-9H2,1-4H3,(H,14,16). The van der Waals surface area contributed by atoms with Gasteiger partial charge in [0.25, 0.3) is 0 Å². The minimum Gasteiger partial charge on any atom is -0.379 e. The highest BCUT2D eigenvalue weighted by Gasteiger charge is 2.28. The molecule has 0 aromatic rings. The molecule has 1 atom stereocenters. The summed E-state index contributed by atoms with van der Waals surface area (Å²) < 4.78 is 5.34. The first-order valence-corrected chi connectivity index (χ1v) is 6.25.